The summed E-state index contributed by atoms with van der Waals surface area (Å²) in [6, 6.07) is 23.5. The van der Waals surface area contributed by atoms with Crippen LogP contribution in [-0.2, 0) is 35.0 Å². The molecule has 308 valence electrons. The molecule has 0 aliphatic heterocycles. The van der Waals surface area contributed by atoms with Gasteiger partial charge in [-0.2, -0.15) is 0 Å². The van der Waals surface area contributed by atoms with E-state index in [9.17, 15) is 9.59 Å². The van der Waals surface area contributed by atoms with Crippen molar-refractivity contribution >= 4 is 33.6 Å². The minimum absolute atomic E-state index is 0. The third kappa shape index (κ3) is 18.7. The molecule has 4 atom stereocenters. The van der Waals surface area contributed by atoms with E-state index in [0.717, 1.165) is 45.6 Å². The number of anilines is 1. The summed E-state index contributed by atoms with van der Waals surface area (Å²) >= 11 is 3.33. The van der Waals surface area contributed by atoms with Gasteiger partial charge in [0, 0.05) is 35.8 Å². The van der Waals surface area contributed by atoms with Crippen molar-refractivity contribution in [2.45, 2.75) is 132 Å². The average molecular weight is 837 g/mol. The molecule has 9 nitrogen and oxygen atoms in total. The lowest BCUT2D eigenvalue weighted by molar-refractivity contribution is -0.157. The summed E-state index contributed by atoms with van der Waals surface area (Å²) in [4.78, 5) is 32.8. The van der Waals surface area contributed by atoms with Gasteiger partial charge < -0.3 is 24.7 Å². The number of aromatic nitrogens is 2. The zero-order valence-electron chi connectivity index (χ0n) is 34.8. The Hall–Kier alpha value is -4.12. The van der Waals surface area contributed by atoms with E-state index in [2.05, 4.69) is 44.1 Å². The molecule has 0 fully saturated rings. The topological polar surface area (TPSA) is 123 Å². The summed E-state index contributed by atoms with van der Waals surface area (Å²) in [5.74, 6) is -0.949. The Bertz CT molecular complexity index is 1720. The fourth-order valence-corrected chi connectivity index (χ4v) is 5.31. The van der Waals surface area contributed by atoms with E-state index in [1.807, 2.05) is 132 Å². The number of pyridine rings is 2. The molecule has 56 heavy (non-hydrogen) atoms. The number of carbonyl (C=O) groups is 2. The SMILES string of the molecule is C.CC(C(=O)OC(C)(C)C)c1ccc(N)cc1.CCOC(C)c1ccc(Br)cn1.CCOC(C)c1ccc(Cc2ccc(C(C)C(=O)OC(C)(C)C)cc2)cn1. The number of hydrogen-bond donors (Lipinski definition) is 1. The maximum Gasteiger partial charge on any atom is 0.313 e. The van der Waals surface area contributed by atoms with Gasteiger partial charge in [0.1, 0.15) is 11.2 Å². The van der Waals surface area contributed by atoms with Gasteiger partial charge in [-0.3, -0.25) is 19.6 Å². The molecule has 4 rings (SSSR count). The highest BCUT2D eigenvalue weighted by atomic mass is 79.9. The number of benzene rings is 2. The minimum atomic E-state index is -0.468. The van der Waals surface area contributed by atoms with E-state index < -0.39 is 11.2 Å². The van der Waals surface area contributed by atoms with Gasteiger partial charge in [-0.15, -0.1) is 0 Å². The predicted molar refractivity (Wildman–Crippen MR) is 232 cm³/mol. The molecule has 2 N–H and O–H groups in total. The number of carbonyl (C=O) groups excluding carboxylic acids is 2. The van der Waals surface area contributed by atoms with Crippen LogP contribution in [0.15, 0.2) is 89.7 Å². The summed E-state index contributed by atoms with van der Waals surface area (Å²) in [6.07, 6.45) is 4.59. The normalized spacial score (nSPS) is 13.2. The number of halogens is 1. The molecule has 0 spiro atoms. The molecular formula is C46H66BrN3O6. The predicted octanol–water partition coefficient (Wildman–Crippen LogP) is 11.5. The van der Waals surface area contributed by atoms with Gasteiger partial charge in [-0.25, -0.2) is 0 Å². The van der Waals surface area contributed by atoms with Gasteiger partial charge in [0.15, 0.2) is 0 Å². The van der Waals surface area contributed by atoms with Crippen molar-refractivity contribution in [1.29, 1.82) is 0 Å². The summed E-state index contributed by atoms with van der Waals surface area (Å²) in [6.45, 7) is 24.3. The molecule has 2 aromatic carbocycles. The van der Waals surface area contributed by atoms with Crippen molar-refractivity contribution in [3.8, 4) is 0 Å². The van der Waals surface area contributed by atoms with Crippen molar-refractivity contribution in [2.24, 2.45) is 0 Å². The Morgan fingerprint density at radius 2 is 1.02 bits per heavy atom. The first-order chi connectivity index (χ1) is 25.7. The van der Waals surface area contributed by atoms with Crippen molar-refractivity contribution in [2.75, 3.05) is 18.9 Å². The highest BCUT2D eigenvalue weighted by Crippen LogP contribution is 2.23. The van der Waals surface area contributed by atoms with Crippen LogP contribution in [0.1, 0.15) is 148 Å². The third-order valence-corrected chi connectivity index (χ3v) is 8.58. The molecule has 4 aromatic rings. The Balaban J connectivity index is 0.000000459. The van der Waals surface area contributed by atoms with Gasteiger partial charge >= 0.3 is 11.9 Å². The number of nitrogens with two attached hydrogens (primary N) is 1. The minimum Gasteiger partial charge on any atom is -0.460 e. The molecule has 0 saturated carbocycles. The summed E-state index contributed by atoms with van der Waals surface area (Å²) < 4.78 is 22.7. The second kappa shape index (κ2) is 23.8. The number of ether oxygens (including phenoxy) is 4. The molecular weight excluding hydrogens is 770 g/mol. The first-order valence-electron chi connectivity index (χ1n) is 18.9. The second-order valence-corrected chi connectivity index (χ2v) is 16.2. The number of nitrogens with zero attached hydrogens (tertiary/aromatic N) is 2. The highest BCUT2D eigenvalue weighted by Gasteiger charge is 2.24. The zero-order valence-corrected chi connectivity index (χ0v) is 36.4. The Morgan fingerprint density at radius 1 is 0.625 bits per heavy atom. The van der Waals surface area contributed by atoms with Crippen LogP contribution in [0.4, 0.5) is 5.69 Å². The lowest BCUT2D eigenvalue weighted by Crippen LogP contribution is -2.26. The van der Waals surface area contributed by atoms with Crippen molar-refractivity contribution in [3.05, 3.63) is 123 Å². The molecule has 0 aliphatic rings. The van der Waals surface area contributed by atoms with Crippen LogP contribution in [0.5, 0.6) is 0 Å². The third-order valence-electron chi connectivity index (χ3n) is 8.11. The summed E-state index contributed by atoms with van der Waals surface area (Å²) in [7, 11) is 0. The van der Waals surface area contributed by atoms with E-state index in [1.165, 1.54) is 5.56 Å². The van der Waals surface area contributed by atoms with Gasteiger partial charge in [0.05, 0.1) is 35.4 Å². The van der Waals surface area contributed by atoms with Crippen LogP contribution in [-0.4, -0.2) is 46.3 Å². The van der Waals surface area contributed by atoms with E-state index in [1.54, 1.807) is 18.3 Å². The lowest BCUT2D eigenvalue weighted by atomic mass is 9.97. The number of rotatable bonds is 12. The van der Waals surface area contributed by atoms with Crippen LogP contribution in [0.2, 0.25) is 0 Å². The second-order valence-electron chi connectivity index (χ2n) is 15.3. The van der Waals surface area contributed by atoms with E-state index in [0.29, 0.717) is 12.3 Å². The lowest BCUT2D eigenvalue weighted by Gasteiger charge is -2.22. The molecule has 0 amide bonds. The van der Waals surface area contributed by atoms with Gasteiger partial charge in [0.25, 0.3) is 0 Å². The fourth-order valence-electron chi connectivity index (χ4n) is 5.08. The van der Waals surface area contributed by atoms with Crippen LogP contribution < -0.4 is 5.73 Å². The van der Waals surface area contributed by atoms with E-state index in [4.69, 9.17) is 24.7 Å². The maximum atomic E-state index is 12.2. The van der Waals surface area contributed by atoms with E-state index >= 15 is 0 Å². The molecule has 10 heteroatoms. The number of hydrogen-bond acceptors (Lipinski definition) is 9. The van der Waals surface area contributed by atoms with Crippen molar-refractivity contribution in [1.82, 2.24) is 9.97 Å². The highest BCUT2D eigenvalue weighted by molar-refractivity contribution is 9.10. The molecule has 0 radical (unpaired) electrons. The maximum absolute atomic E-state index is 12.2. The van der Waals surface area contributed by atoms with Gasteiger partial charge in [0.2, 0.25) is 0 Å². The quantitative estimate of drug-likeness (QED) is 0.110. The summed E-state index contributed by atoms with van der Waals surface area (Å²) in [5.41, 5.74) is 11.5. The molecule has 4 unspecified atom stereocenters. The Kier molecular flexibility index (Phi) is 21.2. The first kappa shape index (κ1) is 49.9. The monoisotopic (exact) mass is 835 g/mol. The standard InChI is InChI=1S/C23H31NO3.C13H19NO2.C9H12BrNO.CH4/c1-7-26-17(3)21-13-10-19(15-24-21)14-18-8-11-20(12-9-18)16(2)22(25)27-23(4,5)6;1-9(12(15)16-13(2,3)4)10-5-7-11(14)8-6-10;1-3-12-7(2)9-5-4-8(10)6-11-9;/h8-13,15-17H,7,14H2,1-6H3;5-9H,14H2,1-4H3;4-7H,3H2,1-2H3;1H4. The van der Waals surface area contributed by atoms with Crippen LogP contribution >= 0.6 is 15.9 Å². The average Bonchev–Trinajstić information content (AvgIpc) is 3.11. The van der Waals surface area contributed by atoms with E-state index in [-0.39, 0.29) is 43.4 Å². The molecule has 2 heterocycles. The fraction of sp³-hybridized carbons (Fsp3) is 0.478. The smallest absolute Gasteiger partial charge is 0.313 e. The van der Waals surface area contributed by atoms with Gasteiger partial charge in [-0.05, 0) is 158 Å². The number of esters is 2. The van der Waals surface area contributed by atoms with Crippen molar-refractivity contribution < 1.29 is 28.5 Å². The molecule has 0 aliphatic carbocycles. The zero-order chi connectivity index (χ0) is 41.3. The van der Waals surface area contributed by atoms with Crippen LogP contribution in [0.25, 0.3) is 0 Å². The first-order valence-corrected chi connectivity index (χ1v) is 19.7. The number of nitrogen functional groups attached to an aromatic ring is 1. The van der Waals surface area contributed by atoms with Crippen molar-refractivity contribution in [3.63, 3.8) is 0 Å². The molecule has 0 bridgehead atoms. The summed E-state index contributed by atoms with van der Waals surface area (Å²) in [5, 5.41) is 0. The van der Waals surface area contributed by atoms with Crippen LogP contribution in [0.3, 0.4) is 0 Å². The molecule has 0 saturated heterocycles. The largest absolute Gasteiger partial charge is 0.460 e. The Labute approximate surface area is 345 Å². The molecule has 2 aromatic heterocycles. The van der Waals surface area contributed by atoms with Gasteiger partial charge in [-0.1, -0.05) is 49.9 Å². The van der Waals surface area contributed by atoms with Crippen LogP contribution in [0, 0.1) is 0 Å². The Morgan fingerprint density at radius 3 is 1.38 bits per heavy atom.